The van der Waals surface area contributed by atoms with Gasteiger partial charge in [-0.25, -0.2) is 19.2 Å². The summed E-state index contributed by atoms with van der Waals surface area (Å²) in [5, 5.41) is 45.7. The van der Waals surface area contributed by atoms with Crippen molar-refractivity contribution in [1.29, 1.82) is 0 Å². The number of carboxylic acid groups (broad SMARTS) is 4. The van der Waals surface area contributed by atoms with E-state index < -0.39 is 87.4 Å². The highest BCUT2D eigenvalue weighted by Crippen LogP contribution is 2.38. The van der Waals surface area contributed by atoms with Crippen molar-refractivity contribution < 1.29 is 68.0 Å². The fraction of sp³-hybridized carbons (Fsp3) is 0.741. The number of aliphatic carboxylic acids is 4. The van der Waals surface area contributed by atoms with E-state index in [2.05, 4.69) is 16.0 Å². The first-order valence-electron chi connectivity index (χ1n) is 15.3. The molecule has 0 rings (SSSR count). The van der Waals surface area contributed by atoms with Gasteiger partial charge in [0.15, 0.2) is 0 Å². The molecule has 270 valence electrons. The number of unbranched alkanes of at least 4 members (excludes halogenated alkanes) is 4. The minimum Gasteiger partial charge on any atom is -0.481 e. The van der Waals surface area contributed by atoms with Crippen LogP contribution in [0, 0.1) is 0 Å². The number of nitrogens with two attached hydrogens (primary N) is 1. The molecule has 0 radical (unpaired) electrons. The zero-order valence-corrected chi connectivity index (χ0v) is 27.1. The van der Waals surface area contributed by atoms with Crippen LogP contribution in [0.2, 0.25) is 0 Å². The van der Waals surface area contributed by atoms with Crippen molar-refractivity contribution in [2.45, 2.75) is 108 Å². The van der Waals surface area contributed by atoms with Crippen LogP contribution in [0.1, 0.15) is 89.9 Å². The quantitative estimate of drug-likeness (QED) is 0.0360. The van der Waals surface area contributed by atoms with Crippen LogP contribution in [0.3, 0.4) is 0 Å². The number of amides is 3. The molecule has 4 unspecified atom stereocenters. The van der Waals surface area contributed by atoms with Crippen LogP contribution in [0.25, 0.3) is 0 Å². The first kappa shape index (κ1) is 43.4. The van der Waals surface area contributed by atoms with Crippen LogP contribution >= 0.6 is 7.75 Å². The lowest BCUT2D eigenvalue weighted by molar-refractivity contribution is -0.143. The molecule has 0 heterocycles. The van der Waals surface area contributed by atoms with Gasteiger partial charge in [-0.3, -0.25) is 28.5 Å². The highest BCUT2D eigenvalue weighted by molar-refractivity contribution is 7.50. The third kappa shape index (κ3) is 23.4. The molecule has 0 aromatic rings. The zero-order valence-electron chi connectivity index (χ0n) is 26.2. The molecule has 20 heteroatoms. The van der Waals surface area contributed by atoms with E-state index in [9.17, 15) is 53.2 Å². The summed E-state index contributed by atoms with van der Waals surface area (Å²) in [6.45, 7) is 0.520. The smallest absolute Gasteiger partial charge is 0.403 e. The number of hydrogen-bond donors (Lipinski definition) is 10. The Balaban J connectivity index is 4.50. The Morgan fingerprint density at radius 3 is 1.68 bits per heavy atom. The second-order valence-corrected chi connectivity index (χ2v) is 12.2. The van der Waals surface area contributed by atoms with Gasteiger partial charge in [-0.05, 0) is 57.9 Å². The van der Waals surface area contributed by atoms with E-state index in [1.54, 1.807) is 0 Å². The summed E-state index contributed by atoms with van der Waals surface area (Å²) in [4.78, 5) is 91.1. The van der Waals surface area contributed by atoms with E-state index in [1.807, 2.05) is 5.09 Å². The molecule has 0 fully saturated rings. The van der Waals surface area contributed by atoms with Crippen molar-refractivity contribution in [2.24, 2.45) is 5.73 Å². The van der Waals surface area contributed by atoms with Gasteiger partial charge in [0.05, 0.1) is 6.61 Å². The van der Waals surface area contributed by atoms with Gasteiger partial charge >= 0.3 is 31.6 Å². The molecular formula is C27H48N5O14P. The first-order chi connectivity index (χ1) is 22.1. The molecule has 19 nitrogen and oxygen atoms in total. The zero-order chi connectivity index (χ0) is 35.8. The molecule has 3 amide bonds. The Labute approximate surface area is 272 Å². The van der Waals surface area contributed by atoms with Crippen LogP contribution in [0.15, 0.2) is 0 Å². The van der Waals surface area contributed by atoms with E-state index in [1.165, 1.54) is 0 Å². The monoisotopic (exact) mass is 697 g/mol. The molecule has 0 aliphatic heterocycles. The number of nitrogens with one attached hydrogen (secondary N) is 4. The van der Waals surface area contributed by atoms with Gasteiger partial charge in [-0.15, -0.1) is 0 Å². The van der Waals surface area contributed by atoms with Crippen LogP contribution in [0.4, 0.5) is 0 Å². The van der Waals surface area contributed by atoms with Crippen LogP contribution in [-0.2, 0) is 42.7 Å². The Kier molecular flexibility index (Phi) is 22.6. The van der Waals surface area contributed by atoms with E-state index in [0.29, 0.717) is 38.8 Å². The normalized spacial score (nSPS) is 14.2. The number of rotatable bonds is 29. The van der Waals surface area contributed by atoms with E-state index in [0.717, 1.165) is 19.3 Å². The van der Waals surface area contributed by atoms with Crippen LogP contribution < -0.4 is 26.8 Å². The van der Waals surface area contributed by atoms with Gasteiger partial charge in [0.2, 0.25) is 17.7 Å². The molecule has 47 heavy (non-hydrogen) atoms. The van der Waals surface area contributed by atoms with Gasteiger partial charge in [0.25, 0.3) is 0 Å². The van der Waals surface area contributed by atoms with Crippen molar-refractivity contribution in [1.82, 2.24) is 21.0 Å². The van der Waals surface area contributed by atoms with Crippen molar-refractivity contribution in [3.8, 4) is 0 Å². The van der Waals surface area contributed by atoms with Crippen molar-refractivity contribution >= 4 is 49.3 Å². The van der Waals surface area contributed by atoms with Crippen molar-refractivity contribution in [2.75, 3.05) is 19.7 Å². The van der Waals surface area contributed by atoms with Crippen molar-refractivity contribution in [3.05, 3.63) is 0 Å². The highest BCUT2D eigenvalue weighted by Gasteiger charge is 2.30. The third-order valence-corrected chi connectivity index (χ3v) is 7.78. The largest absolute Gasteiger partial charge is 0.481 e. The summed E-state index contributed by atoms with van der Waals surface area (Å²) in [5.74, 6) is -7.15. The Morgan fingerprint density at radius 1 is 0.617 bits per heavy atom. The molecule has 0 spiro atoms. The summed E-state index contributed by atoms with van der Waals surface area (Å²) in [7, 11) is -4.71. The minimum absolute atomic E-state index is 0.0295. The molecule has 0 saturated heterocycles. The molecule has 0 aromatic heterocycles. The van der Waals surface area contributed by atoms with Gasteiger partial charge in [0, 0.05) is 32.2 Å². The Morgan fingerprint density at radius 2 is 1.13 bits per heavy atom. The van der Waals surface area contributed by atoms with Gasteiger partial charge in [-0.1, -0.05) is 12.8 Å². The molecular weight excluding hydrogens is 649 g/mol. The summed E-state index contributed by atoms with van der Waals surface area (Å²) in [6, 6.07) is -4.57. The predicted octanol–water partition coefficient (Wildman–Crippen LogP) is -0.0941. The summed E-state index contributed by atoms with van der Waals surface area (Å²) in [5.41, 5.74) is 5.41. The maximum absolute atomic E-state index is 12.3. The third-order valence-electron chi connectivity index (χ3n) is 6.60. The fourth-order valence-electron chi connectivity index (χ4n) is 4.05. The van der Waals surface area contributed by atoms with Gasteiger partial charge < -0.3 is 47.0 Å². The minimum atomic E-state index is -4.71. The molecule has 0 aromatic carbocycles. The summed E-state index contributed by atoms with van der Waals surface area (Å²) >= 11 is 0. The molecule has 4 atom stereocenters. The van der Waals surface area contributed by atoms with E-state index in [4.69, 9.17) is 20.5 Å². The second kappa shape index (κ2) is 24.5. The Bertz CT molecular complexity index is 1090. The molecule has 0 aliphatic carbocycles. The summed E-state index contributed by atoms with van der Waals surface area (Å²) in [6.07, 6.45) is 2.36. The average Bonchev–Trinajstić information content (AvgIpc) is 2.98. The standard InChI is InChI=1S/C27H48N5O14P/c28-15-5-1-3-9-21(33)29-16-6-2-4-10-22(34)31-19(26(40)41)11-13-23(35)30-18(25(38)39)8-7-17-46-47(44,45)32-20(27(42)43)12-14-24(36)37/h18-20H,1-17,28H2,(H,29,33)(H,30,35)(H,31,34)(H,36,37)(H,38,39)(H,40,41)(H,42,43)(H2,32,44,45). The first-order valence-corrected chi connectivity index (χ1v) is 16.9. The average molecular weight is 698 g/mol. The van der Waals surface area contributed by atoms with E-state index >= 15 is 0 Å². The lowest BCUT2D eigenvalue weighted by atomic mass is 10.1. The maximum Gasteiger partial charge on any atom is 0.403 e. The lowest BCUT2D eigenvalue weighted by Gasteiger charge is -2.19. The number of carbonyl (C=O) groups excluding carboxylic acids is 3. The predicted molar refractivity (Wildman–Crippen MR) is 164 cm³/mol. The molecule has 0 saturated carbocycles. The Hall–Kier alpha value is -3.64. The second-order valence-electron chi connectivity index (χ2n) is 10.7. The SMILES string of the molecule is NCCCCCC(=O)NCCCCCC(=O)NC(CCC(=O)NC(CCCOP(=O)(O)NC(CCC(=O)O)C(=O)O)C(=O)O)C(=O)O. The number of hydrogen-bond acceptors (Lipinski definition) is 10. The number of carbonyl (C=O) groups is 7. The highest BCUT2D eigenvalue weighted by atomic mass is 31.2. The van der Waals surface area contributed by atoms with Crippen LogP contribution in [-0.4, -0.2) is 105 Å². The van der Waals surface area contributed by atoms with Gasteiger partial charge in [-0.2, -0.15) is 0 Å². The summed E-state index contributed by atoms with van der Waals surface area (Å²) < 4.78 is 16.8. The molecule has 0 bridgehead atoms. The lowest BCUT2D eigenvalue weighted by Crippen LogP contribution is -2.44. The number of carboxylic acids is 4. The molecule has 0 aliphatic rings. The molecule has 11 N–H and O–H groups in total. The fourth-order valence-corrected chi connectivity index (χ4v) is 5.14. The maximum atomic E-state index is 12.3. The van der Waals surface area contributed by atoms with Gasteiger partial charge in [0.1, 0.15) is 18.1 Å². The topological polar surface area (TPSA) is 321 Å². The van der Waals surface area contributed by atoms with Crippen molar-refractivity contribution in [3.63, 3.8) is 0 Å². The van der Waals surface area contributed by atoms with E-state index in [-0.39, 0.29) is 31.6 Å². The van der Waals surface area contributed by atoms with Crippen LogP contribution in [0.5, 0.6) is 0 Å².